The molecule has 0 aromatic carbocycles. The van der Waals surface area contributed by atoms with E-state index in [4.69, 9.17) is 4.74 Å². The van der Waals surface area contributed by atoms with E-state index in [-0.39, 0.29) is 1.43 Å². The lowest BCUT2D eigenvalue weighted by atomic mass is 10.00. The van der Waals surface area contributed by atoms with Crippen molar-refractivity contribution in [3.05, 3.63) is 0 Å². The smallest absolute Gasteiger partial charge is 0.0698 e. The fourth-order valence-electron chi connectivity index (χ4n) is 1.29. The highest BCUT2D eigenvalue weighted by Gasteiger charge is 2.16. The summed E-state index contributed by atoms with van der Waals surface area (Å²) in [6.45, 7) is 4.43. The zero-order valence-electron chi connectivity index (χ0n) is 6.18. The average molecular weight is 131 g/mol. The minimum absolute atomic E-state index is 0. The van der Waals surface area contributed by atoms with Crippen LogP contribution in [0.15, 0.2) is 0 Å². The molecule has 0 aromatic rings. The van der Waals surface area contributed by atoms with Gasteiger partial charge in [0.1, 0.15) is 0 Å². The highest BCUT2D eigenvalue weighted by molar-refractivity contribution is 4.73. The normalized spacial score (nSPS) is 36.7. The van der Waals surface area contributed by atoms with E-state index in [1.807, 2.05) is 0 Å². The second-order valence-corrected chi connectivity index (χ2v) is 2.86. The van der Waals surface area contributed by atoms with Gasteiger partial charge in [-0.2, -0.15) is 0 Å². The summed E-state index contributed by atoms with van der Waals surface area (Å²) >= 11 is 0. The summed E-state index contributed by atoms with van der Waals surface area (Å²) < 4.78 is 5.20. The average Bonchev–Trinajstić information content (AvgIpc) is 1.88. The van der Waals surface area contributed by atoms with Crippen molar-refractivity contribution in [3.8, 4) is 0 Å². The first kappa shape index (κ1) is 7.03. The van der Waals surface area contributed by atoms with Crippen LogP contribution in [0, 0.1) is 5.92 Å². The third-order valence-electron chi connectivity index (χ3n) is 1.86. The van der Waals surface area contributed by atoms with Crippen LogP contribution in [0.25, 0.3) is 0 Å². The quantitative estimate of drug-likeness (QED) is 0.570. The first-order valence-electron chi connectivity index (χ1n) is 3.56. The Bertz CT molecular complexity index is 89.7. The fourth-order valence-corrected chi connectivity index (χ4v) is 1.29. The van der Waals surface area contributed by atoms with Crippen LogP contribution in [0.2, 0.25) is 0 Å². The molecule has 0 radical (unpaired) electrons. The summed E-state index contributed by atoms with van der Waals surface area (Å²) in [4.78, 5) is 0. The van der Waals surface area contributed by atoms with Gasteiger partial charge < -0.3 is 10.1 Å². The third-order valence-corrected chi connectivity index (χ3v) is 1.86. The molecule has 1 fully saturated rings. The molecule has 1 aliphatic rings. The van der Waals surface area contributed by atoms with Crippen LogP contribution in [-0.2, 0) is 4.74 Å². The van der Waals surface area contributed by atoms with E-state index in [2.05, 4.69) is 12.2 Å². The molecule has 0 bridgehead atoms. The molecule has 56 valence electrons. The van der Waals surface area contributed by atoms with Crippen LogP contribution in [0.1, 0.15) is 14.8 Å². The predicted octanol–water partition coefficient (Wildman–Crippen LogP) is 0.877. The second-order valence-electron chi connectivity index (χ2n) is 2.86. The van der Waals surface area contributed by atoms with E-state index in [0.29, 0.717) is 6.10 Å². The monoisotopic (exact) mass is 131 g/mol. The Morgan fingerprint density at radius 1 is 1.56 bits per heavy atom. The van der Waals surface area contributed by atoms with Gasteiger partial charge in [-0.15, -0.1) is 0 Å². The standard InChI is InChI=1S/C7H15NO.H2/c1-6-3-7(9-2)5-8-4-6;/h6-8H,3-5H2,1-2H3;1H/t6-,7-;/m0./s1. The maximum atomic E-state index is 5.20. The zero-order valence-corrected chi connectivity index (χ0v) is 6.18. The third kappa shape index (κ3) is 1.95. The van der Waals surface area contributed by atoms with Crippen molar-refractivity contribution in [1.82, 2.24) is 5.32 Å². The van der Waals surface area contributed by atoms with Crippen LogP contribution in [0.3, 0.4) is 0 Å². The SMILES string of the molecule is CO[C@@H]1CNC[C@@H](C)C1.[HH]. The molecule has 1 aliphatic heterocycles. The number of nitrogens with one attached hydrogen (secondary N) is 1. The topological polar surface area (TPSA) is 21.3 Å². The van der Waals surface area contributed by atoms with Crippen molar-refractivity contribution in [3.63, 3.8) is 0 Å². The summed E-state index contributed by atoms with van der Waals surface area (Å²) in [5.41, 5.74) is 0. The largest absolute Gasteiger partial charge is 0.380 e. The van der Waals surface area contributed by atoms with Gasteiger partial charge in [-0.3, -0.25) is 0 Å². The molecule has 1 heterocycles. The van der Waals surface area contributed by atoms with Gasteiger partial charge in [-0.05, 0) is 18.9 Å². The summed E-state index contributed by atoms with van der Waals surface area (Å²) in [5, 5.41) is 3.31. The van der Waals surface area contributed by atoms with Gasteiger partial charge in [-0.1, -0.05) is 6.92 Å². The van der Waals surface area contributed by atoms with E-state index < -0.39 is 0 Å². The molecule has 2 heteroatoms. The lowest BCUT2D eigenvalue weighted by Gasteiger charge is -2.26. The molecular weight excluding hydrogens is 114 g/mol. The number of ether oxygens (including phenoxy) is 1. The van der Waals surface area contributed by atoms with Crippen LogP contribution in [0.4, 0.5) is 0 Å². The summed E-state index contributed by atoms with van der Waals surface area (Å²) in [6, 6.07) is 0. The van der Waals surface area contributed by atoms with Gasteiger partial charge in [-0.25, -0.2) is 0 Å². The highest BCUT2D eigenvalue weighted by atomic mass is 16.5. The molecule has 2 nitrogen and oxygen atoms in total. The van der Waals surface area contributed by atoms with E-state index in [1.165, 1.54) is 6.42 Å². The van der Waals surface area contributed by atoms with Crippen molar-refractivity contribution < 1.29 is 6.16 Å². The van der Waals surface area contributed by atoms with Gasteiger partial charge in [0.15, 0.2) is 0 Å². The molecule has 2 atom stereocenters. The number of rotatable bonds is 1. The molecule has 0 aliphatic carbocycles. The molecule has 9 heavy (non-hydrogen) atoms. The van der Waals surface area contributed by atoms with Crippen molar-refractivity contribution in [1.29, 1.82) is 0 Å². The number of hydrogen-bond acceptors (Lipinski definition) is 2. The van der Waals surface area contributed by atoms with Crippen molar-refractivity contribution in [2.75, 3.05) is 20.2 Å². The van der Waals surface area contributed by atoms with E-state index in [1.54, 1.807) is 7.11 Å². The molecule has 1 saturated heterocycles. The Hall–Kier alpha value is -0.0800. The van der Waals surface area contributed by atoms with Crippen LogP contribution in [0.5, 0.6) is 0 Å². The Morgan fingerprint density at radius 2 is 2.33 bits per heavy atom. The predicted molar refractivity (Wildman–Crippen MR) is 39.6 cm³/mol. The fraction of sp³-hybridized carbons (Fsp3) is 1.00. The van der Waals surface area contributed by atoms with Crippen molar-refractivity contribution in [2.24, 2.45) is 5.92 Å². The highest BCUT2D eigenvalue weighted by Crippen LogP contribution is 2.10. The molecule has 1 N–H and O–H groups in total. The minimum Gasteiger partial charge on any atom is -0.380 e. The summed E-state index contributed by atoms with van der Waals surface area (Å²) in [5.74, 6) is 0.781. The number of methoxy groups -OCH3 is 1. The molecule has 0 saturated carbocycles. The Balaban J connectivity index is 0.000000810. The van der Waals surface area contributed by atoms with Gasteiger partial charge in [0, 0.05) is 15.1 Å². The maximum absolute atomic E-state index is 5.20. The van der Waals surface area contributed by atoms with E-state index in [9.17, 15) is 0 Å². The van der Waals surface area contributed by atoms with E-state index >= 15 is 0 Å². The van der Waals surface area contributed by atoms with Crippen LogP contribution >= 0.6 is 0 Å². The van der Waals surface area contributed by atoms with Crippen molar-refractivity contribution >= 4 is 0 Å². The van der Waals surface area contributed by atoms with E-state index in [0.717, 1.165) is 19.0 Å². The first-order chi connectivity index (χ1) is 4.33. The number of hydrogen-bond donors (Lipinski definition) is 1. The molecule has 0 aromatic heterocycles. The Labute approximate surface area is 58.1 Å². The molecule has 0 amide bonds. The summed E-state index contributed by atoms with van der Waals surface area (Å²) in [7, 11) is 1.78. The lowest BCUT2D eigenvalue weighted by molar-refractivity contribution is 0.0650. The second kappa shape index (κ2) is 3.18. The molecule has 0 unspecified atom stereocenters. The van der Waals surface area contributed by atoms with Gasteiger partial charge in [0.25, 0.3) is 0 Å². The minimum atomic E-state index is 0. The summed E-state index contributed by atoms with van der Waals surface area (Å²) in [6.07, 6.45) is 1.66. The van der Waals surface area contributed by atoms with Gasteiger partial charge in [0.2, 0.25) is 0 Å². The molecular formula is C7H17NO. The first-order valence-corrected chi connectivity index (χ1v) is 3.56. The van der Waals surface area contributed by atoms with Gasteiger partial charge in [0.05, 0.1) is 6.10 Å². The van der Waals surface area contributed by atoms with Crippen LogP contribution < -0.4 is 5.32 Å². The lowest BCUT2D eigenvalue weighted by Crippen LogP contribution is -2.39. The molecule has 0 spiro atoms. The maximum Gasteiger partial charge on any atom is 0.0698 e. The zero-order chi connectivity index (χ0) is 6.69. The number of piperidine rings is 1. The Kier molecular flexibility index (Phi) is 2.49. The van der Waals surface area contributed by atoms with Crippen LogP contribution in [-0.4, -0.2) is 26.3 Å². The van der Waals surface area contributed by atoms with Gasteiger partial charge >= 0.3 is 0 Å². The van der Waals surface area contributed by atoms with Crippen molar-refractivity contribution in [2.45, 2.75) is 19.4 Å². The Morgan fingerprint density at radius 3 is 2.78 bits per heavy atom. The molecule has 1 rings (SSSR count).